The molecule has 0 unspecified atom stereocenters. The summed E-state index contributed by atoms with van der Waals surface area (Å²) in [7, 11) is -1.91. The van der Waals surface area contributed by atoms with Gasteiger partial charge in [-0.05, 0) is 12.1 Å². The Hall–Kier alpha value is -3.15. The van der Waals surface area contributed by atoms with Crippen LogP contribution >= 0.6 is 0 Å². The number of aromatic nitrogens is 2. The summed E-state index contributed by atoms with van der Waals surface area (Å²) in [6, 6.07) is 4.62. The number of ether oxygens (including phenoxy) is 3. The fourth-order valence-electron chi connectivity index (χ4n) is 1.75. The third-order valence-corrected chi connectivity index (χ3v) is 3.83. The molecular formula is C15H16FN3O7S. The molecule has 0 spiro atoms. The minimum absolute atomic E-state index is 0.104. The standard InChI is InChI=1S/C15H16FN3O7S/c1-4-13(20)26-27(21,22)19-14-9(16)6-5-7-10(14)25-15-17-11(23-2)8-12(18-15)24-3/h5-8,19H,4H2,1-3H3. The summed E-state index contributed by atoms with van der Waals surface area (Å²) >= 11 is 0. The molecule has 0 aliphatic rings. The third kappa shape index (κ3) is 5.41. The highest BCUT2D eigenvalue weighted by atomic mass is 32.2. The zero-order valence-corrected chi connectivity index (χ0v) is 15.4. The summed E-state index contributed by atoms with van der Waals surface area (Å²) in [5.74, 6) is -2.05. The molecule has 0 amide bonds. The van der Waals surface area contributed by atoms with E-state index in [9.17, 15) is 17.6 Å². The third-order valence-electron chi connectivity index (χ3n) is 2.97. The van der Waals surface area contributed by atoms with Crippen molar-refractivity contribution in [2.75, 3.05) is 18.9 Å². The first kappa shape index (κ1) is 20.2. The Morgan fingerprint density at radius 1 is 1.19 bits per heavy atom. The SMILES string of the molecule is CCC(=O)OS(=O)(=O)Nc1c(F)cccc1Oc1nc(OC)cc(OC)n1. The quantitative estimate of drug-likeness (QED) is 0.707. The van der Waals surface area contributed by atoms with Crippen molar-refractivity contribution in [3.8, 4) is 23.5 Å². The molecule has 1 N–H and O–H groups in total. The molecule has 27 heavy (non-hydrogen) atoms. The predicted octanol–water partition coefficient (Wildman–Crippen LogP) is 2.04. The van der Waals surface area contributed by atoms with E-state index in [1.807, 2.05) is 4.72 Å². The lowest BCUT2D eigenvalue weighted by Gasteiger charge is -2.13. The Balaban J connectivity index is 2.37. The molecule has 10 nitrogen and oxygen atoms in total. The number of carbonyl (C=O) groups excluding carboxylic acids is 1. The molecule has 0 saturated carbocycles. The largest absolute Gasteiger partial charge is 0.481 e. The number of nitrogens with one attached hydrogen (secondary N) is 1. The second-order valence-corrected chi connectivity index (χ2v) is 6.09. The van der Waals surface area contributed by atoms with Gasteiger partial charge in [0.1, 0.15) is 5.69 Å². The van der Waals surface area contributed by atoms with Gasteiger partial charge in [0.25, 0.3) is 0 Å². The van der Waals surface area contributed by atoms with Gasteiger partial charge in [0.15, 0.2) is 11.6 Å². The molecule has 0 radical (unpaired) electrons. The maximum atomic E-state index is 14.2. The van der Waals surface area contributed by atoms with Crippen LogP contribution in [0.25, 0.3) is 0 Å². The number of hydrogen-bond donors (Lipinski definition) is 1. The van der Waals surface area contributed by atoms with E-state index in [0.717, 1.165) is 6.07 Å². The predicted molar refractivity (Wildman–Crippen MR) is 90.5 cm³/mol. The summed E-state index contributed by atoms with van der Waals surface area (Å²) < 4.78 is 59.3. The Bertz CT molecular complexity index is 915. The Morgan fingerprint density at radius 2 is 1.81 bits per heavy atom. The number of rotatable bonds is 8. The van der Waals surface area contributed by atoms with Gasteiger partial charge >= 0.3 is 22.3 Å². The lowest BCUT2D eigenvalue weighted by Crippen LogP contribution is -2.20. The fourth-order valence-corrected chi connectivity index (χ4v) is 2.60. The molecule has 1 heterocycles. The minimum Gasteiger partial charge on any atom is -0.481 e. The summed E-state index contributed by atoms with van der Waals surface area (Å²) in [6.45, 7) is 1.41. The van der Waals surface area contributed by atoms with Crippen LogP contribution < -0.4 is 18.9 Å². The average molecular weight is 401 g/mol. The van der Waals surface area contributed by atoms with Crippen LogP contribution in [0, 0.1) is 5.82 Å². The van der Waals surface area contributed by atoms with Gasteiger partial charge in [-0.25, -0.2) is 9.11 Å². The molecule has 146 valence electrons. The van der Waals surface area contributed by atoms with Crippen molar-refractivity contribution in [2.24, 2.45) is 0 Å². The van der Waals surface area contributed by atoms with Crippen molar-refractivity contribution in [1.82, 2.24) is 9.97 Å². The van der Waals surface area contributed by atoms with Crippen molar-refractivity contribution < 1.29 is 36.0 Å². The van der Waals surface area contributed by atoms with Gasteiger partial charge in [0, 0.05) is 6.42 Å². The Labute approximate surface area is 154 Å². The van der Waals surface area contributed by atoms with E-state index in [-0.39, 0.29) is 29.9 Å². The highest BCUT2D eigenvalue weighted by Gasteiger charge is 2.22. The number of nitrogens with zero attached hydrogens (tertiary/aromatic N) is 2. The Kier molecular flexibility index (Phi) is 6.34. The number of anilines is 1. The van der Waals surface area contributed by atoms with E-state index in [1.165, 1.54) is 39.3 Å². The smallest absolute Gasteiger partial charge is 0.410 e. The molecule has 1 aromatic carbocycles. The maximum Gasteiger partial charge on any atom is 0.410 e. The maximum absolute atomic E-state index is 14.2. The molecule has 0 aliphatic carbocycles. The average Bonchev–Trinajstić information content (AvgIpc) is 2.63. The number of halogens is 1. The van der Waals surface area contributed by atoms with Crippen molar-refractivity contribution in [3.05, 3.63) is 30.1 Å². The molecule has 0 bridgehead atoms. The first-order chi connectivity index (χ1) is 12.8. The van der Waals surface area contributed by atoms with Crippen LogP contribution in [-0.2, 0) is 19.3 Å². The second kappa shape index (κ2) is 8.49. The van der Waals surface area contributed by atoms with Crippen LogP contribution in [0.4, 0.5) is 10.1 Å². The molecule has 12 heteroatoms. The molecule has 1 aromatic heterocycles. The van der Waals surface area contributed by atoms with Gasteiger partial charge in [-0.15, -0.1) is 0 Å². The van der Waals surface area contributed by atoms with Crippen LogP contribution in [-0.4, -0.2) is 38.6 Å². The van der Waals surface area contributed by atoms with Crippen LogP contribution in [0.2, 0.25) is 0 Å². The van der Waals surface area contributed by atoms with Gasteiger partial charge in [-0.3, -0.25) is 4.79 Å². The first-order valence-corrected chi connectivity index (χ1v) is 8.87. The van der Waals surface area contributed by atoms with Crippen LogP contribution in [0.5, 0.6) is 23.5 Å². The monoisotopic (exact) mass is 401 g/mol. The van der Waals surface area contributed by atoms with E-state index >= 15 is 0 Å². The zero-order chi connectivity index (χ0) is 20.0. The van der Waals surface area contributed by atoms with E-state index in [0.29, 0.717) is 0 Å². The number of carbonyl (C=O) groups is 1. The topological polar surface area (TPSA) is 126 Å². The van der Waals surface area contributed by atoms with Gasteiger partial charge in [0.05, 0.1) is 20.3 Å². The normalized spacial score (nSPS) is 10.8. The van der Waals surface area contributed by atoms with Gasteiger partial charge in [-0.1, -0.05) is 13.0 Å². The number of methoxy groups -OCH3 is 2. The lowest BCUT2D eigenvalue weighted by atomic mass is 10.3. The summed E-state index contributed by atoms with van der Waals surface area (Å²) in [5.41, 5.74) is -0.591. The van der Waals surface area contributed by atoms with Crippen LogP contribution in [0.15, 0.2) is 24.3 Å². The van der Waals surface area contributed by atoms with E-state index in [1.54, 1.807) is 0 Å². The molecule has 2 aromatic rings. The summed E-state index contributed by atoms with van der Waals surface area (Å²) in [4.78, 5) is 19.0. The summed E-state index contributed by atoms with van der Waals surface area (Å²) in [5, 5.41) is 0. The van der Waals surface area contributed by atoms with Crippen LogP contribution in [0.3, 0.4) is 0 Å². The van der Waals surface area contributed by atoms with Crippen LogP contribution in [0.1, 0.15) is 13.3 Å². The molecule has 2 rings (SSSR count). The van der Waals surface area contributed by atoms with Gasteiger partial charge in [-0.2, -0.15) is 18.4 Å². The van der Waals surface area contributed by atoms with E-state index in [4.69, 9.17) is 14.2 Å². The van der Waals surface area contributed by atoms with Crippen molar-refractivity contribution in [1.29, 1.82) is 0 Å². The van der Waals surface area contributed by atoms with Crippen molar-refractivity contribution in [3.63, 3.8) is 0 Å². The first-order valence-electron chi connectivity index (χ1n) is 7.46. The Morgan fingerprint density at radius 3 is 2.37 bits per heavy atom. The number of benzene rings is 1. The summed E-state index contributed by atoms with van der Waals surface area (Å²) in [6.07, 6.45) is -0.182. The number of para-hydroxylation sites is 1. The molecule has 0 atom stereocenters. The van der Waals surface area contributed by atoms with Crippen molar-refractivity contribution in [2.45, 2.75) is 13.3 Å². The molecule has 0 aliphatic heterocycles. The number of hydrogen-bond acceptors (Lipinski definition) is 9. The zero-order valence-electron chi connectivity index (χ0n) is 14.6. The molecular weight excluding hydrogens is 385 g/mol. The van der Waals surface area contributed by atoms with Gasteiger partial charge < -0.3 is 18.4 Å². The highest BCUT2D eigenvalue weighted by Crippen LogP contribution is 2.32. The second-order valence-electron chi connectivity index (χ2n) is 4.82. The molecule has 0 saturated heterocycles. The van der Waals surface area contributed by atoms with E-state index < -0.39 is 27.8 Å². The van der Waals surface area contributed by atoms with E-state index in [2.05, 4.69) is 14.2 Å². The fraction of sp³-hybridized carbons (Fsp3) is 0.267. The lowest BCUT2D eigenvalue weighted by molar-refractivity contribution is -0.133. The van der Waals surface area contributed by atoms with Gasteiger partial charge in [0.2, 0.25) is 11.8 Å². The highest BCUT2D eigenvalue weighted by molar-refractivity contribution is 7.88. The molecule has 0 fully saturated rings. The minimum atomic E-state index is -4.62. The van der Waals surface area contributed by atoms with Crippen molar-refractivity contribution >= 4 is 22.0 Å².